The maximum atomic E-state index is 13.5. The number of hydrogen-bond donors (Lipinski definition) is 2. The highest BCUT2D eigenvalue weighted by Crippen LogP contribution is 2.06. The van der Waals surface area contributed by atoms with Crippen LogP contribution in [0, 0.1) is 5.82 Å². The van der Waals surface area contributed by atoms with Gasteiger partial charge in [0.25, 0.3) is 5.91 Å². The molecule has 2 N–H and O–H groups in total. The molecule has 126 valence electrons. The van der Waals surface area contributed by atoms with Crippen molar-refractivity contribution in [1.29, 1.82) is 0 Å². The molecule has 1 atom stereocenters. The number of carbonyl (C=O) groups is 2. The summed E-state index contributed by atoms with van der Waals surface area (Å²) < 4.78 is 13.5. The van der Waals surface area contributed by atoms with E-state index in [1.54, 1.807) is 6.07 Å². The summed E-state index contributed by atoms with van der Waals surface area (Å²) >= 11 is 0. The predicted molar refractivity (Wildman–Crippen MR) is 91.1 cm³/mol. The minimum absolute atomic E-state index is 0.0110. The lowest BCUT2D eigenvalue weighted by atomic mass is 10.1. The zero-order chi connectivity index (χ0) is 17.4. The van der Waals surface area contributed by atoms with Crippen LogP contribution in [0.15, 0.2) is 54.6 Å². The minimum Gasteiger partial charge on any atom is -0.352 e. The first-order chi connectivity index (χ1) is 11.6. The van der Waals surface area contributed by atoms with Gasteiger partial charge in [0.2, 0.25) is 5.91 Å². The Morgan fingerprint density at radius 3 is 2.42 bits per heavy atom. The van der Waals surface area contributed by atoms with Crippen molar-refractivity contribution in [2.24, 2.45) is 0 Å². The van der Waals surface area contributed by atoms with Crippen LogP contribution in [-0.4, -0.2) is 24.4 Å². The summed E-state index contributed by atoms with van der Waals surface area (Å²) in [6.45, 7) is 1.74. The Balaban J connectivity index is 1.72. The van der Waals surface area contributed by atoms with Gasteiger partial charge in [-0.15, -0.1) is 0 Å². The fraction of sp³-hybridized carbons (Fsp3) is 0.263. The molecular formula is C19H21FN2O2. The van der Waals surface area contributed by atoms with Gasteiger partial charge in [0.05, 0.1) is 12.1 Å². The van der Waals surface area contributed by atoms with E-state index in [4.69, 9.17) is 0 Å². The molecule has 2 aromatic rings. The fourth-order valence-corrected chi connectivity index (χ4v) is 2.33. The standard InChI is InChI=1S/C19H21FN2O2/c1-14(11-12-15-7-3-2-4-8-15)22-18(23)13-21-19(24)16-9-5-6-10-17(16)20/h2-10,14H,11-13H2,1H3,(H,21,24)(H,22,23). The first-order valence-electron chi connectivity index (χ1n) is 7.92. The number of rotatable bonds is 7. The molecule has 0 saturated heterocycles. The SMILES string of the molecule is CC(CCc1ccccc1)NC(=O)CNC(=O)c1ccccc1F. The van der Waals surface area contributed by atoms with E-state index in [9.17, 15) is 14.0 Å². The van der Waals surface area contributed by atoms with Crippen molar-refractivity contribution < 1.29 is 14.0 Å². The van der Waals surface area contributed by atoms with Crippen LogP contribution >= 0.6 is 0 Å². The van der Waals surface area contributed by atoms with Crippen LogP contribution in [0.1, 0.15) is 29.3 Å². The lowest BCUT2D eigenvalue weighted by molar-refractivity contribution is -0.120. The van der Waals surface area contributed by atoms with E-state index in [1.165, 1.54) is 23.8 Å². The van der Waals surface area contributed by atoms with E-state index in [2.05, 4.69) is 10.6 Å². The quantitative estimate of drug-likeness (QED) is 0.821. The molecule has 2 amide bonds. The van der Waals surface area contributed by atoms with Crippen LogP contribution in [0.2, 0.25) is 0 Å². The Labute approximate surface area is 141 Å². The summed E-state index contributed by atoms with van der Waals surface area (Å²) in [6.07, 6.45) is 1.67. The molecule has 24 heavy (non-hydrogen) atoms. The highest BCUT2D eigenvalue weighted by Gasteiger charge is 2.13. The van der Waals surface area contributed by atoms with E-state index >= 15 is 0 Å². The number of hydrogen-bond acceptors (Lipinski definition) is 2. The van der Waals surface area contributed by atoms with E-state index in [0.717, 1.165) is 12.8 Å². The van der Waals surface area contributed by atoms with Crippen molar-refractivity contribution in [3.05, 3.63) is 71.5 Å². The molecule has 0 bridgehead atoms. The highest BCUT2D eigenvalue weighted by atomic mass is 19.1. The van der Waals surface area contributed by atoms with Crippen molar-refractivity contribution in [3.63, 3.8) is 0 Å². The van der Waals surface area contributed by atoms with Crippen molar-refractivity contribution >= 4 is 11.8 Å². The van der Waals surface area contributed by atoms with Gasteiger partial charge in [-0.05, 0) is 37.5 Å². The van der Waals surface area contributed by atoms with E-state index < -0.39 is 11.7 Å². The maximum Gasteiger partial charge on any atom is 0.254 e. The molecule has 0 saturated carbocycles. The molecule has 0 aromatic heterocycles. The minimum atomic E-state index is -0.605. The average Bonchev–Trinajstić information content (AvgIpc) is 2.59. The van der Waals surface area contributed by atoms with Crippen molar-refractivity contribution in [2.75, 3.05) is 6.54 Å². The summed E-state index contributed by atoms with van der Waals surface area (Å²) in [5.41, 5.74) is 1.15. The third-order valence-corrected chi connectivity index (χ3v) is 3.64. The smallest absolute Gasteiger partial charge is 0.254 e. The molecule has 5 heteroatoms. The van der Waals surface area contributed by atoms with Crippen LogP contribution in [0.5, 0.6) is 0 Å². The summed E-state index contributed by atoms with van der Waals surface area (Å²) in [4.78, 5) is 23.7. The van der Waals surface area contributed by atoms with Crippen LogP contribution in [-0.2, 0) is 11.2 Å². The second-order valence-corrected chi connectivity index (χ2v) is 5.66. The predicted octanol–water partition coefficient (Wildman–Crippen LogP) is 2.69. The highest BCUT2D eigenvalue weighted by molar-refractivity contribution is 5.96. The van der Waals surface area contributed by atoms with Crippen LogP contribution in [0.3, 0.4) is 0 Å². The number of amides is 2. The third kappa shape index (κ3) is 5.50. The monoisotopic (exact) mass is 328 g/mol. The van der Waals surface area contributed by atoms with Gasteiger partial charge in [-0.3, -0.25) is 9.59 Å². The average molecular weight is 328 g/mol. The topological polar surface area (TPSA) is 58.2 Å². The number of nitrogens with one attached hydrogen (secondary N) is 2. The lowest BCUT2D eigenvalue weighted by Gasteiger charge is -2.14. The summed E-state index contributed by atoms with van der Waals surface area (Å²) in [5.74, 6) is -1.49. The number of benzene rings is 2. The Morgan fingerprint density at radius 2 is 1.71 bits per heavy atom. The van der Waals surface area contributed by atoms with Gasteiger partial charge < -0.3 is 10.6 Å². The maximum absolute atomic E-state index is 13.5. The number of aryl methyl sites for hydroxylation is 1. The second kappa shape index (κ2) is 8.82. The molecule has 0 aliphatic rings. The van der Waals surface area contributed by atoms with E-state index in [1.807, 2.05) is 37.3 Å². The van der Waals surface area contributed by atoms with Gasteiger partial charge in [0.15, 0.2) is 0 Å². The molecule has 2 rings (SSSR count). The number of halogens is 1. The first kappa shape index (κ1) is 17.7. The Kier molecular flexibility index (Phi) is 6.49. The Bertz CT molecular complexity index is 689. The molecule has 0 aliphatic heterocycles. The zero-order valence-corrected chi connectivity index (χ0v) is 13.6. The first-order valence-corrected chi connectivity index (χ1v) is 7.92. The van der Waals surface area contributed by atoms with Crippen LogP contribution < -0.4 is 10.6 Å². The molecule has 4 nitrogen and oxygen atoms in total. The third-order valence-electron chi connectivity index (χ3n) is 3.64. The molecule has 1 unspecified atom stereocenters. The van der Waals surface area contributed by atoms with Crippen LogP contribution in [0.4, 0.5) is 4.39 Å². The van der Waals surface area contributed by atoms with Gasteiger partial charge in [0, 0.05) is 6.04 Å². The number of carbonyl (C=O) groups excluding carboxylic acids is 2. The van der Waals surface area contributed by atoms with Gasteiger partial charge in [-0.2, -0.15) is 0 Å². The normalized spacial score (nSPS) is 11.6. The van der Waals surface area contributed by atoms with Gasteiger partial charge in [-0.1, -0.05) is 42.5 Å². The molecule has 0 aliphatic carbocycles. The molecule has 0 radical (unpaired) electrons. The summed E-state index contributed by atoms with van der Waals surface area (Å²) in [6, 6.07) is 15.7. The lowest BCUT2D eigenvalue weighted by Crippen LogP contribution is -2.41. The fourth-order valence-electron chi connectivity index (χ4n) is 2.33. The van der Waals surface area contributed by atoms with Crippen molar-refractivity contribution in [2.45, 2.75) is 25.8 Å². The Morgan fingerprint density at radius 1 is 1.04 bits per heavy atom. The molecule has 0 heterocycles. The molecular weight excluding hydrogens is 307 g/mol. The molecule has 0 spiro atoms. The van der Waals surface area contributed by atoms with Crippen molar-refractivity contribution in [1.82, 2.24) is 10.6 Å². The Hall–Kier alpha value is -2.69. The van der Waals surface area contributed by atoms with Gasteiger partial charge in [-0.25, -0.2) is 4.39 Å². The van der Waals surface area contributed by atoms with Gasteiger partial charge >= 0.3 is 0 Å². The largest absolute Gasteiger partial charge is 0.352 e. The molecule has 0 fully saturated rings. The van der Waals surface area contributed by atoms with Crippen molar-refractivity contribution in [3.8, 4) is 0 Å². The van der Waals surface area contributed by atoms with E-state index in [-0.39, 0.29) is 24.1 Å². The summed E-state index contributed by atoms with van der Waals surface area (Å²) in [5, 5.41) is 5.25. The molecule has 2 aromatic carbocycles. The van der Waals surface area contributed by atoms with Gasteiger partial charge in [0.1, 0.15) is 5.82 Å². The second-order valence-electron chi connectivity index (χ2n) is 5.66. The zero-order valence-electron chi connectivity index (χ0n) is 13.6. The van der Waals surface area contributed by atoms with E-state index in [0.29, 0.717) is 0 Å². The summed E-state index contributed by atoms with van der Waals surface area (Å²) in [7, 11) is 0. The van der Waals surface area contributed by atoms with Crippen LogP contribution in [0.25, 0.3) is 0 Å².